The molecule has 240 valence electrons. The lowest BCUT2D eigenvalue weighted by atomic mass is 9.86. The number of carbonyl (C=O) groups excluding carboxylic acids is 1. The third-order valence-corrected chi connectivity index (χ3v) is 8.24. The number of Topliss-reactive ketones (excluding diaryl/α,β-unsaturated/α-hetero) is 1. The number of ketones is 1. The first-order valence-corrected chi connectivity index (χ1v) is 15.4. The first-order chi connectivity index (χ1) is 22.0. The molecular weight excluding hydrogens is 609 g/mol. The van der Waals surface area contributed by atoms with E-state index in [-0.39, 0.29) is 35.3 Å². The topological polar surface area (TPSA) is 100.0 Å². The summed E-state index contributed by atoms with van der Waals surface area (Å²) in [5.74, 6) is -1.18. The van der Waals surface area contributed by atoms with Crippen molar-refractivity contribution in [1.82, 2.24) is 19.8 Å². The standard InChI is InChI=1S/C35H37F3N6OS/c1-24(2)32(31(45)18-29-20-41-23-43(29)21-27-14-12-26(19-39)13-15-27)33(40)44(22-28-10-6-7-11-30(28)35(36,37)38)34(46)42-17-16-25-8-4-3-5-9-25/h3-15,20,23-24,32-33H,16-18,21-22,40H2,1-2H3,(H,42,46)/t32-,33?/m1/s1. The van der Waals surface area contributed by atoms with Crippen LogP contribution in [0.2, 0.25) is 0 Å². The van der Waals surface area contributed by atoms with Crippen molar-refractivity contribution in [2.24, 2.45) is 17.6 Å². The van der Waals surface area contributed by atoms with E-state index in [0.29, 0.717) is 30.8 Å². The lowest BCUT2D eigenvalue weighted by Crippen LogP contribution is -2.56. The van der Waals surface area contributed by atoms with Gasteiger partial charge in [-0.25, -0.2) is 4.98 Å². The molecule has 3 N–H and O–H groups in total. The highest BCUT2D eigenvalue weighted by Crippen LogP contribution is 2.33. The number of hydrogen-bond acceptors (Lipinski definition) is 5. The van der Waals surface area contributed by atoms with Crippen molar-refractivity contribution in [1.29, 1.82) is 5.26 Å². The zero-order valence-corrected chi connectivity index (χ0v) is 26.6. The van der Waals surface area contributed by atoms with Crippen LogP contribution in [-0.2, 0) is 36.9 Å². The maximum Gasteiger partial charge on any atom is 0.416 e. The Bertz CT molecular complexity index is 1650. The monoisotopic (exact) mass is 646 g/mol. The summed E-state index contributed by atoms with van der Waals surface area (Å²) in [6.45, 7) is 4.37. The van der Waals surface area contributed by atoms with Gasteiger partial charge in [0.1, 0.15) is 5.78 Å². The van der Waals surface area contributed by atoms with Gasteiger partial charge in [0.25, 0.3) is 0 Å². The number of nitrogens with two attached hydrogens (primary N) is 1. The molecule has 0 radical (unpaired) electrons. The Morgan fingerprint density at radius 3 is 2.37 bits per heavy atom. The maximum atomic E-state index is 14.0. The van der Waals surface area contributed by atoms with Crippen LogP contribution in [0, 0.1) is 23.2 Å². The molecule has 0 saturated heterocycles. The minimum atomic E-state index is -4.57. The van der Waals surface area contributed by atoms with Gasteiger partial charge >= 0.3 is 6.18 Å². The van der Waals surface area contributed by atoms with Crippen molar-refractivity contribution in [3.05, 3.63) is 125 Å². The Morgan fingerprint density at radius 1 is 1.04 bits per heavy atom. The molecule has 1 unspecified atom stereocenters. The predicted octanol–water partition coefficient (Wildman–Crippen LogP) is 6.11. The average molecular weight is 647 g/mol. The number of alkyl halides is 3. The van der Waals surface area contributed by atoms with E-state index in [2.05, 4.69) is 16.4 Å². The molecule has 0 spiro atoms. The van der Waals surface area contributed by atoms with Crippen molar-refractivity contribution in [2.75, 3.05) is 6.54 Å². The number of nitrogens with zero attached hydrogens (tertiary/aromatic N) is 4. The molecule has 4 aromatic rings. The van der Waals surface area contributed by atoms with Crippen molar-refractivity contribution in [2.45, 2.75) is 52.1 Å². The van der Waals surface area contributed by atoms with Crippen LogP contribution in [0.1, 0.15) is 47.4 Å². The van der Waals surface area contributed by atoms with Crippen molar-refractivity contribution >= 4 is 23.1 Å². The summed E-state index contributed by atoms with van der Waals surface area (Å²) in [6, 6.07) is 24.3. The molecule has 0 fully saturated rings. The molecule has 0 bridgehead atoms. The second kappa shape index (κ2) is 15.7. The van der Waals surface area contributed by atoms with Crippen LogP contribution in [0.25, 0.3) is 0 Å². The number of halogens is 3. The Balaban J connectivity index is 1.57. The van der Waals surface area contributed by atoms with Gasteiger partial charge in [0.15, 0.2) is 5.11 Å². The van der Waals surface area contributed by atoms with E-state index in [1.807, 2.05) is 60.9 Å². The first-order valence-electron chi connectivity index (χ1n) is 15.0. The lowest BCUT2D eigenvalue weighted by molar-refractivity contribution is -0.138. The molecule has 0 aliphatic rings. The molecule has 1 aromatic heterocycles. The quantitative estimate of drug-likeness (QED) is 0.134. The number of rotatable bonds is 13. The minimum absolute atomic E-state index is 0.00751. The van der Waals surface area contributed by atoms with Crippen LogP contribution < -0.4 is 11.1 Å². The molecular formula is C35H37F3N6OS. The third-order valence-electron chi connectivity index (χ3n) is 7.86. The molecule has 7 nitrogen and oxygen atoms in total. The molecule has 11 heteroatoms. The number of carbonyl (C=O) groups is 1. The molecule has 0 saturated carbocycles. The molecule has 2 atom stereocenters. The highest BCUT2D eigenvalue weighted by molar-refractivity contribution is 7.80. The molecule has 3 aromatic carbocycles. The maximum absolute atomic E-state index is 14.0. The van der Waals surface area contributed by atoms with E-state index in [0.717, 1.165) is 17.2 Å². The third kappa shape index (κ3) is 9.02. The zero-order chi connectivity index (χ0) is 33.3. The van der Waals surface area contributed by atoms with Crippen LogP contribution in [0.4, 0.5) is 13.2 Å². The van der Waals surface area contributed by atoms with Gasteiger partial charge in [0.2, 0.25) is 0 Å². The fourth-order valence-electron chi connectivity index (χ4n) is 5.46. The molecule has 1 heterocycles. The normalized spacial score (nSPS) is 12.7. The van der Waals surface area contributed by atoms with E-state index < -0.39 is 23.8 Å². The molecule has 0 aliphatic carbocycles. The number of hydrogen-bond donors (Lipinski definition) is 2. The smallest absolute Gasteiger partial charge is 0.362 e. The summed E-state index contributed by atoms with van der Waals surface area (Å²) in [5, 5.41) is 12.4. The number of benzene rings is 3. The highest BCUT2D eigenvalue weighted by atomic mass is 32.1. The number of thiocarbonyl (C=S) groups is 1. The van der Waals surface area contributed by atoms with E-state index >= 15 is 0 Å². The summed E-state index contributed by atoms with van der Waals surface area (Å²) in [5.41, 5.74) is 9.28. The Kier molecular flexibility index (Phi) is 11.7. The summed E-state index contributed by atoms with van der Waals surface area (Å²) in [7, 11) is 0. The average Bonchev–Trinajstić information content (AvgIpc) is 3.46. The molecule has 46 heavy (non-hydrogen) atoms. The lowest BCUT2D eigenvalue weighted by Gasteiger charge is -2.38. The largest absolute Gasteiger partial charge is 0.416 e. The second-order valence-electron chi connectivity index (χ2n) is 11.5. The SMILES string of the molecule is CC(C)[C@H](C(=O)Cc1cncn1Cc1ccc(C#N)cc1)C(N)N(Cc1ccccc1C(F)(F)F)C(=S)NCCc1ccccc1. The summed E-state index contributed by atoms with van der Waals surface area (Å²) in [4.78, 5) is 19.7. The highest BCUT2D eigenvalue weighted by Gasteiger charge is 2.37. The molecule has 0 aliphatic heterocycles. The second-order valence-corrected chi connectivity index (χ2v) is 11.9. The van der Waals surface area contributed by atoms with Crippen molar-refractivity contribution in [3.63, 3.8) is 0 Å². The zero-order valence-electron chi connectivity index (χ0n) is 25.7. The van der Waals surface area contributed by atoms with Gasteiger partial charge < -0.3 is 20.5 Å². The van der Waals surface area contributed by atoms with E-state index in [1.54, 1.807) is 30.7 Å². The van der Waals surface area contributed by atoms with Gasteiger partial charge in [-0.15, -0.1) is 0 Å². The van der Waals surface area contributed by atoms with Crippen LogP contribution >= 0.6 is 12.2 Å². The van der Waals surface area contributed by atoms with Crippen LogP contribution in [0.5, 0.6) is 0 Å². The van der Waals surface area contributed by atoms with Gasteiger partial charge in [0.05, 0.1) is 35.6 Å². The Labute approximate surface area is 272 Å². The van der Waals surface area contributed by atoms with Gasteiger partial charge in [-0.05, 0) is 59.4 Å². The Hall–Kier alpha value is -4.53. The molecule has 4 rings (SSSR count). The van der Waals surface area contributed by atoms with Crippen LogP contribution in [0.15, 0.2) is 91.4 Å². The van der Waals surface area contributed by atoms with Crippen molar-refractivity contribution < 1.29 is 18.0 Å². The summed E-state index contributed by atoms with van der Waals surface area (Å²) in [6.07, 6.45) is -1.67. The minimum Gasteiger partial charge on any atom is -0.362 e. The van der Waals surface area contributed by atoms with Crippen LogP contribution in [0.3, 0.4) is 0 Å². The fraction of sp³-hybridized carbons (Fsp3) is 0.314. The van der Waals surface area contributed by atoms with E-state index in [1.165, 1.54) is 17.0 Å². The van der Waals surface area contributed by atoms with Gasteiger partial charge in [-0.2, -0.15) is 18.4 Å². The first kappa shape index (κ1) is 34.3. The van der Waals surface area contributed by atoms with Crippen molar-refractivity contribution in [3.8, 4) is 6.07 Å². The van der Waals surface area contributed by atoms with E-state index in [9.17, 15) is 18.0 Å². The van der Waals surface area contributed by atoms with Gasteiger partial charge in [0, 0.05) is 37.9 Å². The van der Waals surface area contributed by atoms with Gasteiger partial charge in [-0.1, -0.05) is 74.5 Å². The number of nitrogens with one attached hydrogen (secondary N) is 1. The predicted molar refractivity (Wildman–Crippen MR) is 175 cm³/mol. The number of nitriles is 1. The number of aromatic nitrogens is 2. The van der Waals surface area contributed by atoms with E-state index in [4.69, 9.17) is 23.2 Å². The summed E-state index contributed by atoms with van der Waals surface area (Å²) < 4.78 is 43.8. The number of imidazole rings is 1. The van der Waals surface area contributed by atoms with Gasteiger partial charge in [-0.3, -0.25) is 4.79 Å². The van der Waals surface area contributed by atoms with Crippen LogP contribution in [-0.4, -0.2) is 38.1 Å². The molecule has 0 amide bonds. The summed E-state index contributed by atoms with van der Waals surface area (Å²) >= 11 is 5.73. The fourth-order valence-corrected chi connectivity index (χ4v) is 5.75. The Morgan fingerprint density at radius 2 is 1.72 bits per heavy atom.